The monoisotopic (exact) mass is 508 g/mol. The normalized spacial score (nSPS) is 26.8. The van der Waals surface area contributed by atoms with Gasteiger partial charge in [-0.2, -0.15) is 0 Å². The molecular formula is C26H40N2O8. The topological polar surface area (TPSA) is 125 Å². The van der Waals surface area contributed by atoms with E-state index < -0.39 is 60.1 Å². The molecule has 0 unspecified atom stereocenters. The number of amides is 2. The molecule has 0 aromatic heterocycles. The van der Waals surface area contributed by atoms with Crippen LogP contribution < -0.4 is 10.6 Å². The van der Waals surface area contributed by atoms with Gasteiger partial charge in [0.1, 0.15) is 36.1 Å². The highest BCUT2D eigenvalue weighted by Gasteiger charge is 2.57. The molecule has 0 bridgehead atoms. The molecule has 2 saturated heterocycles. The van der Waals surface area contributed by atoms with Crippen molar-refractivity contribution in [1.82, 2.24) is 10.6 Å². The molecule has 2 aliphatic heterocycles. The van der Waals surface area contributed by atoms with E-state index in [0.29, 0.717) is 6.61 Å². The lowest BCUT2D eigenvalue weighted by atomic mass is 10.0. The van der Waals surface area contributed by atoms with Crippen molar-refractivity contribution in [2.24, 2.45) is 5.92 Å². The summed E-state index contributed by atoms with van der Waals surface area (Å²) < 4.78 is 29.2. The summed E-state index contributed by atoms with van der Waals surface area (Å²) in [6.45, 7) is 12.6. The zero-order valence-corrected chi connectivity index (χ0v) is 22.1. The van der Waals surface area contributed by atoms with Crippen LogP contribution in [0.15, 0.2) is 30.3 Å². The van der Waals surface area contributed by atoms with Crippen LogP contribution in [0.2, 0.25) is 0 Å². The molecule has 2 heterocycles. The zero-order chi connectivity index (χ0) is 26.7. The van der Waals surface area contributed by atoms with Crippen molar-refractivity contribution in [3.8, 4) is 0 Å². The Kier molecular flexibility index (Phi) is 9.00. The summed E-state index contributed by atoms with van der Waals surface area (Å²) in [5.74, 6) is -1.51. The van der Waals surface area contributed by atoms with Crippen LogP contribution in [-0.2, 0) is 35.1 Å². The number of alkyl carbamates (subject to hydrolysis) is 1. The Morgan fingerprint density at radius 1 is 1.11 bits per heavy atom. The minimum atomic E-state index is -1.10. The summed E-state index contributed by atoms with van der Waals surface area (Å²) in [5.41, 5.74) is 0.287. The Morgan fingerprint density at radius 2 is 1.75 bits per heavy atom. The third-order valence-corrected chi connectivity index (χ3v) is 5.79. The van der Waals surface area contributed by atoms with E-state index in [1.54, 1.807) is 34.6 Å². The Morgan fingerprint density at radius 3 is 2.36 bits per heavy atom. The SMILES string of the molecule is CC(C)[C@H](NC(=O)OC(C)(C)C)C(=O)NC[C@@H](O)[C@H]1O[C@H](OCc2ccccc2)[C@H]2OC(C)(C)O[C@H]21. The van der Waals surface area contributed by atoms with Crippen molar-refractivity contribution >= 4 is 12.0 Å². The molecule has 1 aromatic carbocycles. The van der Waals surface area contributed by atoms with Gasteiger partial charge < -0.3 is 39.4 Å². The molecule has 0 spiro atoms. The van der Waals surface area contributed by atoms with Crippen LogP contribution in [-0.4, -0.2) is 71.8 Å². The highest BCUT2D eigenvalue weighted by atomic mass is 16.8. The van der Waals surface area contributed by atoms with Crippen molar-refractivity contribution in [1.29, 1.82) is 0 Å². The molecule has 2 aliphatic rings. The Hall–Kier alpha value is -2.24. The standard InChI is InChI=1S/C26H40N2O8/c1-15(2)18(28-24(31)36-25(3,4)5)22(30)27-13-17(29)19-20-21(35-26(6,7)34-20)23(33-19)32-14-16-11-9-8-10-12-16/h8-12,15,17-21,23,29H,13-14H2,1-7H3,(H,27,30)(H,28,31)/t17-,18+,19-,20+,21+,23+/m1/s1. The van der Waals surface area contributed by atoms with Crippen LogP contribution in [0.5, 0.6) is 0 Å². The highest BCUT2D eigenvalue weighted by Crippen LogP contribution is 2.40. The Balaban J connectivity index is 1.59. The van der Waals surface area contributed by atoms with Gasteiger partial charge in [0.05, 0.1) is 6.61 Å². The first-order valence-electron chi connectivity index (χ1n) is 12.4. The van der Waals surface area contributed by atoms with E-state index in [1.165, 1.54) is 0 Å². The zero-order valence-electron chi connectivity index (χ0n) is 22.1. The van der Waals surface area contributed by atoms with Gasteiger partial charge in [-0.25, -0.2) is 4.79 Å². The molecule has 6 atom stereocenters. The van der Waals surface area contributed by atoms with E-state index in [0.717, 1.165) is 5.56 Å². The van der Waals surface area contributed by atoms with Crippen molar-refractivity contribution in [2.45, 2.75) is 103 Å². The second-order valence-electron chi connectivity index (χ2n) is 11.0. The molecule has 0 saturated carbocycles. The second-order valence-corrected chi connectivity index (χ2v) is 11.0. The fourth-order valence-electron chi connectivity index (χ4n) is 4.19. The number of carbonyl (C=O) groups excluding carboxylic acids is 2. The molecule has 2 fully saturated rings. The van der Waals surface area contributed by atoms with E-state index in [9.17, 15) is 14.7 Å². The first kappa shape index (κ1) is 28.3. The van der Waals surface area contributed by atoms with Gasteiger partial charge in [-0.3, -0.25) is 4.79 Å². The quantitative estimate of drug-likeness (QED) is 0.465. The van der Waals surface area contributed by atoms with E-state index in [1.807, 2.05) is 44.2 Å². The molecule has 1 aromatic rings. The van der Waals surface area contributed by atoms with Crippen molar-refractivity contribution < 1.29 is 38.4 Å². The fraction of sp³-hybridized carbons (Fsp3) is 0.692. The average molecular weight is 509 g/mol. The lowest BCUT2D eigenvalue weighted by Crippen LogP contribution is -2.53. The number of rotatable bonds is 9. The maximum absolute atomic E-state index is 12.8. The van der Waals surface area contributed by atoms with E-state index in [-0.39, 0.29) is 12.5 Å². The van der Waals surface area contributed by atoms with Gasteiger partial charge in [0.15, 0.2) is 12.1 Å². The number of nitrogens with one attached hydrogen (secondary N) is 2. The molecule has 0 aliphatic carbocycles. The van der Waals surface area contributed by atoms with Crippen LogP contribution in [0, 0.1) is 5.92 Å². The lowest BCUT2D eigenvalue weighted by molar-refractivity contribution is -0.245. The predicted molar refractivity (Wildman–Crippen MR) is 131 cm³/mol. The van der Waals surface area contributed by atoms with Crippen LogP contribution in [0.25, 0.3) is 0 Å². The number of aliphatic hydroxyl groups excluding tert-OH is 1. The lowest BCUT2D eigenvalue weighted by Gasteiger charge is -2.28. The largest absolute Gasteiger partial charge is 0.444 e. The van der Waals surface area contributed by atoms with E-state index in [2.05, 4.69) is 10.6 Å². The average Bonchev–Trinajstić information content (AvgIpc) is 3.26. The first-order valence-corrected chi connectivity index (χ1v) is 12.4. The summed E-state index contributed by atoms with van der Waals surface area (Å²) in [6, 6.07) is 8.83. The molecule has 10 heteroatoms. The van der Waals surface area contributed by atoms with Gasteiger partial charge in [-0.1, -0.05) is 44.2 Å². The van der Waals surface area contributed by atoms with Gasteiger partial charge in [0.2, 0.25) is 5.91 Å². The Labute approximate surface area is 213 Å². The van der Waals surface area contributed by atoms with E-state index in [4.69, 9.17) is 23.7 Å². The van der Waals surface area contributed by atoms with Crippen molar-refractivity contribution in [3.63, 3.8) is 0 Å². The van der Waals surface area contributed by atoms with Gasteiger partial charge in [0.25, 0.3) is 0 Å². The number of hydrogen-bond acceptors (Lipinski definition) is 8. The highest BCUT2D eigenvalue weighted by molar-refractivity contribution is 5.85. The Bertz CT molecular complexity index is 886. The molecule has 202 valence electrons. The molecule has 2 amide bonds. The van der Waals surface area contributed by atoms with Crippen molar-refractivity contribution in [2.75, 3.05) is 6.54 Å². The molecular weight excluding hydrogens is 468 g/mol. The minimum Gasteiger partial charge on any atom is -0.444 e. The summed E-state index contributed by atoms with van der Waals surface area (Å²) in [5, 5.41) is 16.2. The fourth-order valence-corrected chi connectivity index (χ4v) is 4.19. The summed E-state index contributed by atoms with van der Waals surface area (Å²) >= 11 is 0. The number of benzene rings is 1. The number of ether oxygens (including phenoxy) is 5. The van der Waals surface area contributed by atoms with Crippen LogP contribution in [0.4, 0.5) is 4.79 Å². The van der Waals surface area contributed by atoms with Gasteiger partial charge in [0, 0.05) is 6.54 Å². The first-order chi connectivity index (χ1) is 16.8. The van der Waals surface area contributed by atoms with Gasteiger partial charge >= 0.3 is 6.09 Å². The van der Waals surface area contributed by atoms with Crippen LogP contribution in [0.1, 0.15) is 54.0 Å². The van der Waals surface area contributed by atoms with Crippen molar-refractivity contribution in [3.05, 3.63) is 35.9 Å². The molecule has 36 heavy (non-hydrogen) atoms. The number of hydrogen-bond donors (Lipinski definition) is 3. The van der Waals surface area contributed by atoms with E-state index >= 15 is 0 Å². The molecule has 3 N–H and O–H groups in total. The van der Waals surface area contributed by atoms with Crippen LogP contribution >= 0.6 is 0 Å². The molecule has 0 radical (unpaired) electrons. The molecule has 3 rings (SSSR count). The summed E-state index contributed by atoms with van der Waals surface area (Å²) in [6.07, 6.45) is -4.42. The third-order valence-electron chi connectivity index (χ3n) is 5.79. The maximum atomic E-state index is 12.8. The smallest absolute Gasteiger partial charge is 0.408 e. The number of carbonyl (C=O) groups is 2. The molecule has 10 nitrogen and oxygen atoms in total. The van der Waals surface area contributed by atoms with Gasteiger partial charge in [-0.05, 0) is 46.1 Å². The predicted octanol–water partition coefficient (Wildman–Crippen LogP) is 2.47. The minimum absolute atomic E-state index is 0.110. The summed E-state index contributed by atoms with van der Waals surface area (Å²) in [4.78, 5) is 25.0. The van der Waals surface area contributed by atoms with Crippen LogP contribution in [0.3, 0.4) is 0 Å². The summed E-state index contributed by atoms with van der Waals surface area (Å²) in [7, 11) is 0. The third kappa shape index (κ3) is 7.63. The maximum Gasteiger partial charge on any atom is 0.408 e. The number of aliphatic hydroxyl groups is 1. The number of fused-ring (bicyclic) bond motifs is 1. The van der Waals surface area contributed by atoms with Gasteiger partial charge in [-0.15, -0.1) is 0 Å². The second kappa shape index (κ2) is 11.4.